The van der Waals surface area contributed by atoms with Gasteiger partial charge in [-0.2, -0.15) is 0 Å². The van der Waals surface area contributed by atoms with E-state index in [-0.39, 0.29) is 0 Å². The molecule has 0 radical (unpaired) electrons. The van der Waals surface area contributed by atoms with Gasteiger partial charge >= 0.3 is 0 Å². The van der Waals surface area contributed by atoms with Crippen molar-refractivity contribution in [3.63, 3.8) is 0 Å². The summed E-state index contributed by atoms with van der Waals surface area (Å²) in [6.45, 7) is 0. The maximum Gasteiger partial charge on any atom is -0.0383 e. The lowest BCUT2D eigenvalue weighted by Crippen LogP contribution is -2.22. The Hall–Kier alpha value is 0. The molecule has 0 aromatic rings. The van der Waals surface area contributed by atoms with Crippen LogP contribution >= 0.6 is 0 Å². The van der Waals surface area contributed by atoms with E-state index in [0.717, 1.165) is 23.7 Å². The highest BCUT2D eigenvalue weighted by atomic mass is 14.3. The summed E-state index contributed by atoms with van der Waals surface area (Å²) in [7, 11) is 0. The quantitative estimate of drug-likeness (QED) is 0.467. The summed E-state index contributed by atoms with van der Waals surface area (Å²) >= 11 is 0. The van der Waals surface area contributed by atoms with E-state index in [1.165, 1.54) is 77.0 Å². The van der Waals surface area contributed by atoms with Crippen LogP contribution in [0.3, 0.4) is 0 Å². The van der Waals surface area contributed by atoms with Crippen molar-refractivity contribution in [2.24, 2.45) is 23.7 Å². The molecule has 3 aliphatic carbocycles. The lowest BCUT2D eigenvalue weighted by atomic mass is 9.72. The second-order valence-electron chi connectivity index (χ2n) is 10.0. The van der Waals surface area contributed by atoms with Crippen LogP contribution in [-0.2, 0) is 0 Å². The van der Waals surface area contributed by atoms with Crippen LogP contribution in [0.4, 0.5) is 0 Å². The molecular formula is C25H46. The molecule has 0 heterocycles. The van der Waals surface area contributed by atoms with Crippen LogP contribution in [0, 0.1) is 23.7 Å². The SMILES string of the molecule is C1CCCCC(CC2CCCCC2)C(CCC2CCCCC2)CCC1. The van der Waals surface area contributed by atoms with E-state index < -0.39 is 0 Å². The molecule has 146 valence electrons. The van der Waals surface area contributed by atoms with Gasteiger partial charge in [0, 0.05) is 0 Å². The first kappa shape index (κ1) is 19.8. The van der Waals surface area contributed by atoms with Crippen molar-refractivity contribution in [3.05, 3.63) is 0 Å². The van der Waals surface area contributed by atoms with Gasteiger partial charge in [-0.1, -0.05) is 122 Å². The topological polar surface area (TPSA) is 0 Å². The second kappa shape index (κ2) is 11.7. The Balaban J connectivity index is 1.54. The van der Waals surface area contributed by atoms with Crippen molar-refractivity contribution in [3.8, 4) is 0 Å². The van der Waals surface area contributed by atoms with E-state index in [0.29, 0.717) is 0 Å². The number of rotatable bonds is 5. The first-order valence-corrected chi connectivity index (χ1v) is 12.4. The fourth-order valence-corrected chi connectivity index (χ4v) is 6.46. The predicted molar refractivity (Wildman–Crippen MR) is 111 cm³/mol. The molecule has 0 saturated heterocycles. The van der Waals surface area contributed by atoms with Crippen molar-refractivity contribution in [2.45, 2.75) is 135 Å². The van der Waals surface area contributed by atoms with Crippen molar-refractivity contribution in [2.75, 3.05) is 0 Å². The third-order valence-corrected chi connectivity index (χ3v) is 8.10. The monoisotopic (exact) mass is 346 g/mol. The van der Waals surface area contributed by atoms with E-state index in [9.17, 15) is 0 Å². The maximum atomic E-state index is 1.61. The van der Waals surface area contributed by atoms with Crippen molar-refractivity contribution in [1.29, 1.82) is 0 Å². The molecule has 0 aromatic heterocycles. The van der Waals surface area contributed by atoms with Gasteiger partial charge in [0.1, 0.15) is 0 Å². The van der Waals surface area contributed by atoms with Crippen molar-refractivity contribution >= 4 is 0 Å². The van der Waals surface area contributed by atoms with E-state index in [1.54, 1.807) is 57.8 Å². The van der Waals surface area contributed by atoms with Crippen LogP contribution in [-0.4, -0.2) is 0 Å². The summed E-state index contributed by atoms with van der Waals surface area (Å²) in [5.74, 6) is 4.37. The highest BCUT2D eigenvalue weighted by Crippen LogP contribution is 2.39. The van der Waals surface area contributed by atoms with Gasteiger partial charge in [0.05, 0.1) is 0 Å². The third-order valence-electron chi connectivity index (χ3n) is 8.10. The average Bonchev–Trinajstić information content (AvgIpc) is 2.67. The van der Waals surface area contributed by atoms with Gasteiger partial charge in [-0.25, -0.2) is 0 Å². The Morgan fingerprint density at radius 1 is 0.360 bits per heavy atom. The van der Waals surface area contributed by atoms with Gasteiger partial charge in [0.25, 0.3) is 0 Å². The molecule has 3 saturated carbocycles. The minimum Gasteiger partial charge on any atom is -0.0533 e. The van der Waals surface area contributed by atoms with Gasteiger partial charge < -0.3 is 0 Å². The Kier molecular flexibility index (Phi) is 9.21. The summed E-state index contributed by atoms with van der Waals surface area (Å²) in [5, 5.41) is 0. The molecule has 0 N–H and O–H groups in total. The third kappa shape index (κ3) is 7.26. The second-order valence-corrected chi connectivity index (χ2v) is 10.0. The van der Waals surface area contributed by atoms with Gasteiger partial charge in [0.15, 0.2) is 0 Å². The fraction of sp³-hybridized carbons (Fsp3) is 1.00. The molecule has 2 atom stereocenters. The summed E-state index contributed by atoms with van der Waals surface area (Å²) in [5.41, 5.74) is 0. The minimum absolute atomic E-state index is 1.09. The van der Waals surface area contributed by atoms with Crippen LogP contribution in [0.15, 0.2) is 0 Å². The van der Waals surface area contributed by atoms with Gasteiger partial charge in [-0.05, 0) is 36.5 Å². The first-order valence-electron chi connectivity index (χ1n) is 12.4. The fourth-order valence-electron chi connectivity index (χ4n) is 6.46. The number of hydrogen-bond acceptors (Lipinski definition) is 0. The van der Waals surface area contributed by atoms with E-state index in [2.05, 4.69) is 0 Å². The molecule has 0 nitrogen and oxygen atoms in total. The zero-order valence-electron chi connectivity index (χ0n) is 17.2. The van der Waals surface area contributed by atoms with Crippen molar-refractivity contribution < 1.29 is 0 Å². The summed E-state index contributed by atoms with van der Waals surface area (Å²) in [6.07, 6.45) is 32.5. The predicted octanol–water partition coefficient (Wildman–Crippen LogP) is 8.68. The molecule has 25 heavy (non-hydrogen) atoms. The Morgan fingerprint density at radius 3 is 1.44 bits per heavy atom. The summed E-state index contributed by atoms with van der Waals surface area (Å²) in [4.78, 5) is 0. The molecule has 2 unspecified atom stereocenters. The normalized spacial score (nSPS) is 31.7. The molecule has 0 aromatic carbocycles. The molecule has 0 heteroatoms. The zero-order valence-corrected chi connectivity index (χ0v) is 17.2. The highest BCUT2D eigenvalue weighted by Gasteiger charge is 2.27. The Morgan fingerprint density at radius 2 is 0.800 bits per heavy atom. The van der Waals surface area contributed by atoms with Crippen LogP contribution in [0.25, 0.3) is 0 Å². The van der Waals surface area contributed by atoms with Crippen LogP contribution < -0.4 is 0 Å². The van der Waals surface area contributed by atoms with Crippen molar-refractivity contribution in [1.82, 2.24) is 0 Å². The maximum absolute atomic E-state index is 1.61. The van der Waals surface area contributed by atoms with Gasteiger partial charge in [-0.3, -0.25) is 0 Å². The number of hydrogen-bond donors (Lipinski definition) is 0. The van der Waals surface area contributed by atoms with Gasteiger partial charge in [-0.15, -0.1) is 0 Å². The molecule has 3 rings (SSSR count). The van der Waals surface area contributed by atoms with Crippen LogP contribution in [0.2, 0.25) is 0 Å². The molecule has 3 aliphatic rings. The lowest BCUT2D eigenvalue weighted by Gasteiger charge is -2.34. The van der Waals surface area contributed by atoms with E-state index >= 15 is 0 Å². The lowest BCUT2D eigenvalue weighted by molar-refractivity contribution is 0.177. The minimum atomic E-state index is 1.09. The van der Waals surface area contributed by atoms with Crippen LogP contribution in [0.1, 0.15) is 135 Å². The largest absolute Gasteiger partial charge is 0.0533 e. The van der Waals surface area contributed by atoms with Gasteiger partial charge in [0.2, 0.25) is 0 Å². The molecule has 0 amide bonds. The molecule has 0 bridgehead atoms. The summed E-state index contributed by atoms with van der Waals surface area (Å²) < 4.78 is 0. The highest BCUT2D eigenvalue weighted by molar-refractivity contribution is 4.78. The Labute approximate surface area is 158 Å². The standard InChI is InChI=1S/C25H46/c1-2-4-12-18-25(21-23-15-9-6-10-16-23)24(17-11-3-1)20-19-22-13-7-5-8-14-22/h22-25H,1-21H2. The van der Waals surface area contributed by atoms with Crippen LogP contribution in [0.5, 0.6) is 0 Å². The Bertz CT molecular complexity index is 321. The van der Waals surface area contributed by atoms with E-state index in [1.807, 2.05) is 0 Å². The molecular weight excluding hydrogens is 300 g/mol. The smallest absolute Gasteiger partial charge is 0.0383 e. The average molecular weight is 347 g/mol. The molecule has 0 spiro atoms. The summed E-state index contributed by atoms with van der Waals surface area (Å²) in [6, 6.07) is 0. The molecule has 3 fully saturated rings. The first-order chi connectivity index (χ1) is 12.4. The zero-order chi connectivity index (χ0) is 17.2. The molecule has 0 aliphatic heterocycles. The van der Waals surface area contributed by atoms with E-state index in [4.69, 9.17) is 0 Å².